The summed E-state index contributed by atoms with van der Waals surface area (Å²) in [4.78, 5) is 44.9. The molecule has 0 unspecified atom stereocenters. The second-order valence-corrected chi connectivity index (χ2v) is 14.7. The van der Waals surface area contributed by atoms with Crippen molar-refractivity contribution in [2.24, 2.45) is 5.73 Å². The fourth-order valence-electron chi connectivity index (χ4n) is 7.84. The monoisotopic (exact) mass is 656 g/mol. The number of halogens is 2. The zero-order chi connectivity index (χ0) is 34.3. The first kappa shape index (κ1) is 32.1. The van der Waals surface area contributed by atoms with Gasteiger partial charge in [0.05, 0.1) is 40.0 Å². The van der Waals surface area contributed by atoms with Crippen LogP contribution in [0.4, 0.5) is 26.0 Å². The van der Waals surface area contributed by atoms with Gasteiger partial charge in [-0.1, -0.05) is 6.42 Å². The molecule has 3 N–H and O–H groups in total. The topological polar surface area (TPSA) is 122 Å². The van der Waals surface area contributed by atoms with Gasteiger partial charge in [0.1, 0.15) is 5.52 Å². The zero-order valence-electron chi connectivity index (χ0n) is 28.3. The summed E-state index contributed by atoms with van der Waals surface area (Å²) in [5.41, 5.74) is 7.99. The molecule has 0 bridgehead atoms. The average Bonchev–Trinajstić information content (AvgIpc) is 3.56. The van der Waals surface area contributed by atoms with E-state index in [2.05, 4.69) is 22.1 Å². The maximum absolute atomic E-state index is 15.3. The maximum Gasteiger partial charge on any atom is 0.249 e. The third-order valence-corrected chi connectivity index (χ3v) is 10.7. The number of hydrogen-bond acceptors (Lipinski definition) is 7. The molecule has 252 valence electrons. The number of carbonyl (C=O) groups is 2. The fourth-order valence-corrected chi connectivity index (χ4v) is 7.84. The quantitative estimate of drug-likeness (QED) is 0.232. The predicted molar refractivity (Wildman–Crippen MR) is 181 cm³/mol. The van der Waals surface area contributed by atoms with Gasteiger partial charge in [0.15, 0.2) is 17.5 Å². The van der Waals surface area contributed by atoms with E-state index in [4.69, 9.17) is 15.7 Å². The van der Waals surface area contributed by atoms with E-state index in [1.165, 1.54) is 32.3 Å². The van der Waals surface area contributed by atoms with E-state index >= 15 is 4.39 Å². The first-order valence-electron chi connectivity index (χ1n) is 16.7. The van der Waals surface area contributed by atoms with Gasteiger partial charge in [-0.2, -0.15) is 0 Å². The number of fused-ring (bicyclic) bond motifs is 2. The zero-order valence-corrected chi connectivity index (χ0v) is 28.3. The molecule has 1 aromatic carbocycles. The molecule has 4 aromatic rings. The highest BCUT2D eigenvalue weighted by Crippen LogP contribution is 2.50. The number of anilines is 3. The molecule has 7 rings (SSSR count). The molecule has 48 heavy (non-hydrogen) atoms. The van der Waals surface area contributed by atoms with Crippen molar-refractivity contribution in [3.05, 3.63) is 59.2 Å². The number of hydrogen-bond donors (Lipinski definition) is 2. The van der Waals surface area contributed by atoms with Crippen molar-refractivity contribution < 1.29 is 18.4 Å². The SMILES string of the molecule is Cc1c(C(N)=O)cc(Nc2nc(-c3cnc4c(c3)N(C3CC(C)(N5CCCCC5)C3)C(=O)C4(C)C)cc3ncn(C(C)C)c23)c(F)c1F. The van der Waals surface area contributed by atoms with Crippen molar-refractivity contribution in [1.82, 2.24) is 24.4 Å². The van der Waals surface area contributed by atoms with Crippen LogP contribution in [0.15, 0.2) is 30.7 Å². The fraction of sp³-hybridized carbons (Fsp3) is 0.472. The lowest BCUT2D eigenvalue weighted by atomic mass is 9.71. The van der Waals surface area contributed by atoms with Gasteiger partial charge in [0.25, 0.3) is 0 Å². The Morgan fingerprint density at radius 1 is 1.04 bits per heavy atom. The Bertz CT molecular complexity index is 1970. The summed E-state index contributed by atoms with van der Waals surface area (Å²) in [6.07, 6.45) is 8.87. The highest BCUT2D eigenvalue weighted by molar-refractivity contribution is 6.08. The smallest absolute Gasteiger partial charge is 0.249 e. The number of benzene rings is 1. The number of likely N-dealkylation sites (tertiary alicyclic amines) is 1. The molecule has 0 radical (unpaired) electrons. The number of nitrogens with two attached hydrogens (primary N) is 1. The van der Waals surface area contributed by atoms with Crippen molar-refractivity contribution in [2.45, 2.75) is 96.7 Å². The van der Waals surface area contributed by atoms with Gasteiger partial charge in [-0.25, -0.2) is 18.7 Å². The minimum atomic E-state index is -1.17. The number of amides is 2. The Morgan fingerprint density at radius 3 is 2.42 bits per heavy atom. The van der Waals surface area contributed by atoms with Gasteiger partial charge in [0.2, 0.25) is 11.8 Å². The third-order valence-electron chi connectivity index (χ3n) is 10.7. The minimum absolute atomic E-state index is 0.0226. The standard InChI is InChI=1S/C36H42F2N8O2/c1-19(2)45-18-41-26-14-24(42-33(30(26)45)43-25-13-23(32(39)47)20(3)28(37)29(25)38)21-12-27-31(40-17-21)35(4,5)34(48)46(27)22-15-36(6,16-22)44-10-8-7-9-11-44/h12-14,17-19,22H,7-11,15-16H2,1-6H3,(H2,39,47)(H,42,43). The van der Waals surface area contributed by atoms with Crippen LogP contribution in [0.3, 0.4) is 0 Å². The molecule has 2 fully saturated rings. The van der Waals surface area contributed by atoms with E-state index < -0.39 is 23.0 Å². The number of carbonyl (C=O) groups excluding carboxylic acids is 2. The average molecular weight is 657 g/mol. The van der Waals surface area contributed by atoms with Gasteiger partial charge in [0, 0.05) is 40.5 Å². The number of rotatable bonds is 7. The van der Waals surface area contributed by atoms with Crippen LogP contribution in [-0.4, -0.2) is 60.9 Å². The molecule has 3 aliphatic rings. The summed E-state index contributed by atoms with van der Waals surface area (Å²) in [6.45, 7) is 13.6. The Labute approximate surface area is 278 Å². The molecule has 5 heterocycles. The highest BCUT2D eigenvalue weighted by Gasteiger charge is 2.54. The van der Waals surface area contributed by atoms with Crippen LogP contribution in [0.2, 0.25) is 0 Å². The molecule has 3 aromatic heterocycles. The van der Waals surface area contributed by atoms with Crippen LogP contribution >= 0.6 is 0 Å². The molecule has 0 atom stereocenters. The number of primary amides is 1. The van der Waals surface area contributed by atoms with Gasteiger partial charge in [-0.3, -0.25) is 19.5 Å². The molecule has 2 aliphatic heterocycles. The summed E-state index contributed by atoms with van der Waals surface area (Å²) in [7, 11) is 0. The van der Waals surface area contributed by atoms with Crippen molar-refractivity contribution in [3.63, 3.8) is 0 Å². The summed E-state index contributed by atoms with van der Waals surface area (Å²) in [5, 5.41) is 2.94. The highest BCUT2D eigenvalue weighted by atomic mass is 19.2. The van der Waals surface area contributed by atoms with E-state index in [-0.39, 0.29) is 46.2 Å². The lowest BCUT2D eigenvalue weighted by Gasteiger charge is -2.55. The number of piperidine rings is 1. The summed E-state index contributed by atoms with van der Waals surface area (Å²) in [5.74, 6) is -2.93. The molecule has 1 saturated heterocycles. The number of imidazole rings is 1. The Morgan fingerprint density at radius 2 is 1.75 bits per heavy atom. The van der Waals surface area contributed by atoms with E-state index in [1.807, 2.05) is 49.3 Å². The summed E-state index contributed by atoms with van der Waals surface area (Å²) >= 11 is 0. The molecule has 12 heteroatoms. The second kappa shape index (κ2) is 11.3. The molecular weight excluding hydrogens is 614 g/mol. The van der Waals surface area contributed by atoms with Crippen LogP contribution in [0.1, 0.15) is 94.4 Å². The van der Waals surface area contributed by atoms with Crippen LogP contribution in [0.5, 0.6) is 0 Å². The predicted octanol–water partition coefficient (Wildman–Crippen LogP) is 6.53. The Kier molecular flexibility index (Phi) is 7.57. The molecule has 10 nitrogen and oxygen atoms in total. The minimum Gasteiger partial charge on any atom is -0.366 e. The number of nitrogens with one attached hydrogen (secondary N) is 1. The third kappa shape index (κ3) is 4.94. The van der Waals surface area contributed by atoms with E-state index in [9.17, 15) is 14.0 Å². The van der Waals surface area contributed by atoms with Crippen molar-refractivity contribution in [3.8, 4) is 11.3 Å². The van der Waals surface area contributed by atoms with Crippen molar-refractivity contribution >= 4 is 40.0 Å². The molecule has 0 spiro atoms. The number of nitrogens with zero attached hydrogens (tertiary/aromatic N) is 6. The summed E-state index contributed by atoms with van der Waals surface area (Å²) in [6, 6.07) is 5.03. The van der Waals surface area contributed by atoms with Gasteiger partial charge < -0.3 is 20.5 Å². The van der Waals surface area contributed by atoms with Crippen molar-refractivity contribution in [1.29, 1.82) is 0 Å². The van der Waals surface area contributed by atoms with Crippen LogP contribution in [0.25, 0.3) is 22.3 Å². The molecule has 2 amide bonds. The number of aromatic nitrogens is 4. The van der Waals surface area contributed by atoms with E-state index in [0.29, 0.717) is 22.3 Å². The molecular formula is C36H42F2N8O2. The normalized spacial score (nSPS) is 22.3. The molecule has 1 saturated carbocycles. The van der Waals surface area contributed by atoms with Crippen LogP contribution in [-0.2, 0) is 10.2 Å². The second-order valence-electron chi connectivity index (χ2n) is 14.7. The van der Waals surface area contributed by atoms with Gasteiger partial charge in [-0.05, 0) is 98.5 Å². The Hall–Kier alpha value is -4.45. The lowest BCUT2D eigenvalue weighted by molar-refractivity contribution is -0.123. The van der Waals surface area contributed by atoms with E-state index in [1.54, 1.807) is 12.5 Å². The van der Waals surface area contributed by atoms with Gasteiger partial charge >= 0.3 is 0 Å². The van der Waals surface area contributed by atoms with Crippen molar-refractivity contribution in [2.75, 3.05) is 23.3 Å². The van der Waals surface area contributed by atoms with Crippen LogP contribution < -0.4 is 16.0 Å². The largest absolute Gasteiger partial charge is 0.366 e. The first-order valence-corrected chi connectivity index (χ1v) is 16.7. The molecule has 1 aliphatic carbocycles. The van der Waals surface area contributed by atoms with Gasteiger partial charge in [-0.15, -0.1) is 0 Å². The number of pyridine rings is 2. The Balaban J connectivity index is 1.30. The first-order chi connectivity index (χ1) is 22.7. The van der Waals surface area contributed by atoms with Crippen LogP contribution in [0, 0.1) is 18.6 Å². The lowest BCUT2D eigenvalue weighted by Crippen LogP contribution is -2.64. The maximum atomic E-state index is 15.3. The van der Waals surface area contributed by atoms with E-state index in [0.717, 1.165) is 37.3 Å². The summed E-state index contributed by atoms with van der Waals surface area (Å²) < 4.78 is 32.1.